The van der Waals surface area contributed by atoms with Gasteiger partial charge in [-0.25, -0.2) is 0 Å². The molecule has 5 rings (SSSR count). The van der Waals surface area contributed by atoms with Gasteiger partial charge < -0.3 is 4.43 Å². The molecule has 0 aliphatic carbocycles. The Morgan fingerprint density at radius 2 is 1.18 bits per heavy atom. The summed E-state index contributed by atoms with van der Waals surface area (Å²) in [5.41, 5.74) is 5.86. The molecule has 1 nitrogen and oxygen atoms in total. The molecule has 0 N–H and O–H groups in total. The molecule has 0 aromatic heterocycles. The van der Waals surface area contributed by atoms with Gasteiger partial charge in [-0.3, -0.25) is 0 Å². The smallest absolute Gasteiger partial charge is 0.154 e. The molecule has 172 valence electrons. The minimum absolute atomic E-state index is 0.756. The van der Waals surface area contributed by atoms with Crippen LogP contribution in [0.4, 0.5) is 0 Å². The lowest BCUT2D eigenvalue weighted by atomic mass is 10.00. The van der Waals surface area contributed by atoms with Crippen molar-refractivity contribution in [1.82, 2.24) is 0 Å². The van der Waals surface area contributed by atoms with Crippen molar-refractivity contribution in [1.29, 1.82) is 0 Å². The van der Waals surface area contributed by atoms with E-state index in [-0.39, 0.29) is 0 Å². The highest BCUT2D eigenvalue weighted by atomic mass is 29.6. The van der Waals surface area contributed by atoms with Crippen LogP contribution < -0.4 is 15.6 Å². The van der Waals surface area contributed by atoms with Gasteiger partial charge in [0.05, 0.1) is 0 Å². The fourth-order valence-electron chi connectivity index (χ4n) is 6.21. The molecule has 0 radical (unpaired) electrons. The van der Waals surface area contributed by atoms with E-state index >= 15 is 0 Å². The molecule has 1 unspecified atom stereocenters. The maximum Gasteiger partial charge on any atom is 0.154 e. The lowest BCUT2D eigenvalue weighted by molar-refractivity contribution is 0.365. The van der Waals surface area contributed by atoms with Gasteiger partial charge in [0.25, 0.3) is 0 Å². The molecule has 0 spiro atoms. The molecule has 0 amide bonds. The van der Waals surface area contributed by atoms with Crippen LogP contribution in [0.3, 0.4) is 0 Å². The second-order valence-corrected chi connectivity index (χ2v) is 29.2. The molecule has 1 heterocycles. The van der Waals surface area contributed by atoms with Crippen LogP contribution in [0.15, 0.2) is 103 Å². The summed E-state index contributed by atoms with van der Waals surface area (Å²) in [5.74, 6) is 0. The third kappa shape index (κ3) is 3.79. The predicted octanol–water partition coefficient (Wildman–Crippen LogP) is 4.00. The van der Waals surface area contributed by atoms with Crippen molar-refractivity contribution in [2.24, 2.45) is 0 Å². The maximum atomic E-state index is 6.64. The zero-order valence-electron chi connectivity index (χ0n) is 20.6. The predicted molar refractivity (Wildman–Crippen MR) is 153 cm³/mol. The lowest BCUT2D eigenvalue weighted by Crippen LogP contribution is -2.86. The lowest BCUT2D eigenvalue weighted by Gasteiger charge is -2.52. The topological polar surface area (TPSA) is 9.23 Å². The zero-order valence-corrected chi connectivity index (χ0v) is 24.0. The Morgan fingerprint density at radius 1 is 0.647 bits per heavy atom. The van der Waals surface area contributed by atoms with Gasteiger partial charge in [0.2, 0.25) is 0 Å². The number of aryl methyl sites for hydroxylation is 1. The Balaban J connectivity index is 1.84. The van der Waals surface area contributed by atoms with E-state index in [2.05, 4.69) is 124 Å². The van der Waals surface area contributed by atoms with Crippen molar-refractivity contribution in [3.63, 3.8) is 0 Å². The first kappa shape index (κ1) is 23.2. The summed E-state index contributed by atoms with van der Waals surface area (Å²) in [5, 5.41) is 4.82. The monoisotopic (exact) mass is 494 g/mol. The van der Waals surface area contributed by atoms with Crippen LogP contribution in [0.1, 0.15) is 22.3 Å². The van der Waals surface area contributed by atoms with E-state index in [0.717, 1.165) is 6.61 Å². The highest BCUT2D eigenvalue weighted by Crippen LogP contribution is 2.32. The average molecular weight is 495 g/mol. The van der Waals surface area contributed by atoms with Crippen molar-refractivity contribution < 1.29 is 4.43 Å². The summed E-state index contributed by atoms with van der Waals surface area (Å²) in [6, 6.07) is 41.9. The van der Waals surface area contributed by atoms with E-state index in [1.807, 2.05) is 0 Å². The second-order valence-electron chi connectivity index (χ2n) is 9.86. The third-order valence-electron chi connectivity index (χ3n) is 8.31. The number of benzene rings is 4. The number of hydrogen-bond acceptors (Lipinski definition) is 1. The normalized spacial score (nSPS) is 20.3. The van der Waals surface area contributed by atoms with E-state index in [9.17, 15) is 0 Å². The van der Waals surface area contributed by atoms with Gasteiger partial charge in [-0.1, -0.05) is 119 Å². The highest BCUT2D eigenvalue weighted by Gasteiger charge is 2.60. The molecule has 1 aliphatic rings. The van der Waals surface area contributed by atoms with Crippen molar-refractivity contribution in [3.05, 3.63) is 125 Å². The van der Waals surface area contributed by atoms with E-state index in [1.54, 1.807) is 21.1 Å². The zero-order chi connectivity index (χ0) is 23.6. The Kier molecular flexibility index (Phi) is 6.58. The Hall–Kier alpha value is -2.51. The Labute approximate surface area is 208 Å². The van der Waals surface area contributed by atoms with Crippen molar-refractivity contribution in [2.75, 3.05) is 6.61 Å². The molecule has 4 heteroatoms. The number of hydrogen-bond donors (Lipinski definition) is 0. The summed E-state index contributed by atoms with van der Waals surface area (Å²) in [6.45, 7) is 7.78. The van der Waals surface area contributed by atoms with Gasteiger partial charge in [0.1, 0.15) is 14.7 Å². The molecule has 0 bridgehead atoms. The molecule has 1 fully saturated rings. The standard InChI is InChI=1S/C30H34OSi3/c1-24-19-20-27(26(3)25(24)2)23-34(30-17-11-6-12-18-30)32-31-21-22-33(34,28-13-7-4-8-14-28)29-15-9-5-10-16-29/h4-20H,21-23,32H2,1-3H3. The molecular weight excluding hydrogens is 461 g/mol. The summed E-state index contributed by atoms with van der Waals surface area (Å²) >= 11 is 0. The quantitative estimate of drug-likeness (QED) is 0.381. The van der Waals surface area contributed by atoms with Gasteiger partial charge in [-0.15, -0.1) is 0 Å². The van der Waals surface area contributed by atoms with Crippen LogP contribution in [-0.2, 0) is 10.5 Å². The van der Waals surface area contributed by atoms with E-state index in [1.165, 1.54) is 28.8 Å². The van der Waals surface area contributed by atoms with E-state index < -0.39 is 24.0 Å². The molecule has 1 saturated heterocycles. The number of rotatable bonds is 5. The minimum Gasteiger partial charge on any atom is -0.427 e. The molecule has 34 heavy (non-hydrogen) atoms. The first-order valence-electron chi connectivity index (χ1n) is 12.4. The molecule has 1 atom stereocenters. The molecule has 1 aliphatic heterocycles. The van der Waals surface area contributed by atoms with Crippen molar-refractivity contribution in [3.8, 4) is 0 Å². The van der Waals surface area contributed by atoms with Crippen LogP contribution in [0.25, 0.3) is 0 Å². The fourth-order valence-corrected chi connectivity index (χ4v) is 37.4. The van der Waals surface area contributed by atoms with Gasteiger partial charge in [0, 0.05) is 6.61 Å². The second kappa shape index (κ2) is 9.62. The first-order valence-corrected chi connectivity index (χ1v) is 20.7. The minimum atomic E-state index is -2.12. The van der Waals surface area contributed by atoms with Crippen LogP contribution >= 0.6 is 0 Å². The summed E-state index contributed by atoms with van der Waals surface area (Å²) in [6.07, 6.45) is 0. The largest absolute Gasteiger partial charge is 0.427 e. The highest BCUT2D eigenvalue weighted by molar-refractivity contribution is 7.70. The van der Waals surface area contributed by atoms with Crippen LogP contribution in [-0.4, -0.2) is 30.6 Å². The van der Waals surface area contributed by atoms with Crippen molar-refractivity contribution in [2.45, 2.75) is 32.9 Å². The van der Waals surface area contributed by atoms with E-state index in [0.29, 0.717) is 0 Å². The Bertz CT molecular complexity index is 1220. The summed E-state index contributed by atoms with van der Waals surface area (Å²) in [7, 11) is -4.95. The van der Waals surface area contributed by atoms with Crippen LogP contribution in [0, 0.1) is 20.8 Å². The maximum absolute atomic E-state index is 6.64. The van der Waals surface area contributed by atoms with Gasteiger partial charge >= 0.3 is 0 Å². The SMILES string of the molecule is Cc1ccc(C[Si]2(c3ccccc3)[SiH2]OCC[Si]2(c2ccccc2)c2ccccc2)c(C)c1C. The molecule has 4 aromatic carbocycles. The van der Waals surface area contributed by atoms with Gasteiger partial charge in [-0.05, 0) is 55.1 Å². The van der Waals surface area contributed by atoms with Gasteiger partial charge in [-0.2, -0.15) is 0 Å². The fraction of sp³-hybridized carbons (Fsp3) is 0.200. The Morgan fingerprint density at radius 3 is 1.74 bits per heavy atom. The van der Waals surface area contributed by atoms with Crippen LogP contribution in [0.2, 0.25) is 6.04 Å². The molecule has 4 aromatic rings. The first-order chi connectivity index (χ1) is 16.6. The van der Waals surface area contributed by atoms with Crippen LogP contribution in [0.5, 0.6) is 0 Å². The average Bonchev–Trinajstić information content (AvgIpc) is 2.91. The van der Waals surface area contributed by atoms with Crippen molar-refractivity contribution >= 4 is 39.5 Å². The third-order valence-corrected chi connectivity index (χ3v) is 36.5. The summed E-state index contributed by atoms with van der Waals surface area (Å²) in [4.78, 5) is 0. The molecular formula is C30H34OSi3. The van der Waals surface area contributed by atoms with Gasteiger partial charge in [0.15, 0.2) is 9.28 Å². The summed E-state index contributed by atoms with van der Waals surface area (Å²) < 4.78 is 6.64. The molecule has 0 saturated carbocycles. The van der Waals surface area contributed by atoms with E-state index in [4.69, 9.17) is 4.43 Å².